The van der Waals surface area contributed by atoms with Crippen molar-refractivity contribution in [2.45, 2.75) is 20.3 Å². The second-order valence-corrected chi connectivity index (χ2v) is 5.50. The normalized spacial score (nSPS) is 11.8. The van der Waals surface area contributed by atoms with Crippen LogP contribution in [0.3, 0.4) is 0 Å². The van der Waals surface area contributed by atoms with Crippen molar-refractivity contribution in [1.82, 2.24) is 5.32 Å². The van der Waals surface area contributed by atoms with Crippen LogP contribution < -0.4 is 15.8 Å². The fourth-order valence-electron chi connectivity index (χ4n) is 2.31. The van der Waals surface area contributed by atoms with Crippen molar-refractivity contribution in [3.8, 4) is 5.75 Å². The molecule has 0 unspecified atom stereocenters. The molecule has 1 heterocycles. The Kier molecular flexibility index (Phi) is 6.01. The summed E-state index contributed by atoms with van der Waals surface area (Å²) in [5, 5.41) is 2.69. The smallest absolute Gasteiger partial charge is 0.287 e. The van der Waals surface area contributed by atoms with Crippen molar-refractivity contribution in [1.29, 1.82) is 0 Å². The van der Waals surface area contributed by atoms with Gasteiger partial charge in [0.05, 0.1) is 12.5 Å². The first-order chi connectivity index (χ1) is 11.5. The zero-order valence-electron chi connectivity index (χ0n) is 13.9. The van der Waals surface area contributed by atoms with Crippen LogP contribution in [0.5, 0.6) is 5.75 Å². The summed E-state index contributed by atoms with van der Waals surface area (Å²) in [5.41, 5.74) is 6.40. The maximum atomic E-state index is 12.0. The molecule has 0 aliphatic heterocycles. The molecule has 0 aliphatic rings. The topological polar surface area (TPSA) is 94.6 Å². The number of aryl methyl sites for hydroxylation is 1. The molecule has 2 amide bonds. The van der Waals surface area contributed by atoms with E-state index in [1.54, 1.807) is 19.1 Å². The van der Waals surface area contributed by atoms with Crippen LogP contribution in [-0.4, -0.2) is 25.0 Å². The van der Waals surface area contributed by atoms with Gasteiger partial charge in [0.15, 0.2) is 5.76 Å². The van der Waals surface area contributed by atoms with E-state index in [2.05, 4.69) is 5.32 Å². The number of ether oxygens (including phenoxy) is 1. The highest BCUT2D eigenvalue weighted by molar-refractivity contribution is 5.91. The average molecular weight is 330 g/mol. The van der Waals surface area contributed by atoms with Gasteiger partial charge in [0.1, 0.15) is 11.5 Å². The van der Waals surface area contributed by atoms with Crippen LogP contribution in [0.1, 0.15) is 28.8 Å². The Hall–Kier alpha value is -2.76. The Balaban J connectivity index is 1.94. The molecule has 0 saturated carbocycles. The zero-order valence-corrected chi connectivity index (χ0v) is 13.9. The summed E-state index contributed by atoms with van der Waals surface area (Å²) in [5.74, 6) is 0.333. The lowest BCUT2D eigenvalue weighted by Gasteiger charge is -2.14. The van der Waals surface area contributed by atoms with Gasteiger partial charge in [-0.25, -0.2) is 0 Å². The number of rotatable bonds is 8. The molecule has 0 fully saturated rings. The van der Waals surface area contributed by atoms with E-state index in [-0.39, 0.29) is 18.2 Å². The second kappa shape index (κ2) is 8.19. The van der Waals surface area contributed by atoms with E-state index in [1.807, 2.05) is 31.2 Å². The Morgan fingerprint density at radius 1 is 1.21 bits per heavy atom. The van der Waals surface area contributed by atoms with Crippen LogP contribution in [0.25, 0.3) is 0 Å². The fraction of sp³-hybridized carbons (Fsp3) is 0.333. The number of carbonyl (C=O) groups is 2. The highest BCUT2D eigenvalue weighted by atomic mass is 16.5. The number of nitrogens with two attached hydrogens (primary N) is 1. The maximum Gasteiger partial charge on any atom is 0.287 e. The summed E-state index contributed by atoms with van der Waals surface area (Å²) in [6.07, 6.45) is 0.444. The summed E-state index contributed by atoms with van der Waals surface area (Å²) >= 11 is 0. The third kappa shape index (κ3) is 4.87. The van der Waals surface area contributed by atoms with E-state index in [4.69, 9.17) is 14.9 Å². The first kappa shape index (κ1) is 17.6. The Morgan fingerprint density at radius 2 is 1.92 bits per heavy atom. The van der Waals surface area contributed by atoms with Crippen molar-refractivity contribution in [3.63, 3.8) is 0 Å². The number of furan rings is 1. The SMILES string of the molecule is CCOc1ccc(C[C@H](CNC(=O)c2ccc(C)o2)C(N)=O)cc1. The Morgan fingerprint density at radius 3 is 2.46 bits per heavy atom. The maximum absolute atomic E-state index is 12.0. The number of carbonyl (C=O) groups excluding carboxylic acids is 2. The van der Waals surface area contributed by atoms with Crippen LogP contribution in [-0.2, 0) is 11.2 Å². The lowest BCUT2D eigenvalue weighted by atomic mass is 9.98. The van der Waals surface area contributed by atoms with Crippen LogP contribution in [0.15, 0.2) is 40.8 Å². The number of benzene rings is 1. The van der Waals surface area contributed by atoms with Gasteiger partial charge >= 0.3 is 0 Å². The first-order valence-corrected chi connectivity index (χ1v) is 7.85. The molecule has 1 aromatic heterocycles. The van der Waals surface area contributed by atoms with Gasteiger partial charge in [0.25, 0.3) is 5.91 Å². The lowest BCUT2D eigenvalue weighted by molar-refractivity contribution is -0.121. The molecule has 0 bridgehead atoms. The average Bonchev–Trinajstić information content (AvgIpc) is 2.99. The molecule has 0 saturated heterocycles. The molecule has 2 aromatic rings. The molecule has 0 radical (unpaired) electrons. The molecular weight excluding hydrogens is 308 g/mol. The molecule has 3 N–H and O–H groups in total. The summed E-state index contributed by atoms with van der Waals surface area (Å²) in [7, 11) is 0. The van der Waals surface area contributed by atoms with Crippen LogP contribution >= 0.6 is 0 Å². The standard InChI is InChI=1S/C18H22N2O4/c1-3-23-15-7-5-13(6-8-15)10-14(17(19)21)11-20-18(22)16-9-4-12(2)24-16/h4-9,14H,3,10-11H2,1-2H3,(H2,19,21)(H,20,22)/t14-/m1/s1. The predicted octanol–water partition coefficient (Wildman–Crippen LogP) is 2.06. The minimum absolute atomic E-state index is 0.154. The third-order valence-electron chi connectivity index (χ3n) is 3.59. The van der Waals surface area contributed by atoms with Crippen molar-refractivity contribution in [2.75, 3.05) is 13.2 Å². The van der Waals surface area contributed by atoms with E-state index in [0.717, 1.165) is 11.3 Å². The van der Waals surface area contributed by atoms with Gasteiger partial charge in [0.2, 0.25) is 5.91 Å². The second-order valence-electron chi connectivity index (χ2n) is 5.50. The number of primary amides is 1. The lowest BCUT2D eigenvalue weighted by Crippen LogP contribution is -2.37. The quantitative estimate of drug-likeness (QED) is 0.774. The predicted molar refractivity (Wildman–Crippen MR) is 89.8 cm³/mol. The van der Waals surface area contributed by atoms with Gasteiger partial charge in [0, 0.05) is 6.54 Å². The summed E-state index contributed by atoms with van der Waals surface area (Å²) < 4.78 is 10.6. The van der Waals surface area contributed by atoms with Gasteiger partial charge < -0.3 is 20.2 Å². The highest BCUT2D eigenvalue weighted by Crippen LogP contribution is 2.15. The van der Waals surface area contributed by atoms with Crippen molar-refractivity contribution in [3.05, 3.63) is 53.5 Å². The summed E-state index contributed by atoms with van der Waals surface area (Å²) in [6.45, 7) is 4.43. The van der Waals surface area contributed by atoms with Crippen LogP contribution in [0.4, 0.5) is 0 Å². The van der Waals surface area contributed by atoms with Crippen molar-refractivity contribution in [2.24, 2.45) is 11.7 Å². The van der Waals surface area contributed by atoms with Gasteiger partial charge in [-0.05, 0) is 50.1 Å². The van der Waals surface area contributed by atoms with E-state index in [0.29, 0.717) is 18.8 Å². The Labute approximate surface area is 141 Å². The monoisotopic (exact) mass is 330 g/mol. The number of hydrogen-bond acceptors (Lipinski definition) is 4. The Bertz CT molecular complexity index is 691. The van der Waals surface area contributed by atoms with Crippen LogP contribution in [0.2, 0.25) is 0 Å². The molecule has 128 valence electrons. The summed E-state index contributed by atoms with van der Waals surface area (Å²) in [4.78, 5) is 23.6. The van der Waals surface area contributed by atoms with Gasteiger partial charge in [-0.3, -0.25) is 9.59 Å². The highest BCUT2D eigenvalue weighted by Gasteiger charge is 2.18. The molecule has 6 nitrogen and oxygen atoms in total. The minimum atomic E-state index is -0.497. The number of nitrogens with one attached hydrogen (secondary N) is 1. The minimum Gasteiger partial charge on any atom is -0.494 e. The van der Waals surface area contributed by atoms with E-state index < -0.39 is 11.8 Å². The first-order valence-electron chi connectivity index (χ1n) is 7.85. The number of hydrogen-bond donors (Lipinski definition) is 2. The van der Waals surface area contributed by atoms with Gasteiger partial charge in [-0.2, -0.15) is 0 Å². The molecule has 1 aromatic carbocycles. The van der Waals surface area contributed by atoms with Gasteiger partial charge in [-0.1, -0.05) is 12.1 Å². The van der Waals surface area contributed by atoms with E-state index >= 15 is 0 Å². The fourth-order valence-corrected chi connectivity index (χ4v) is 2.31. The molecule has 24 heavy (non-hydrogen) atoms. The van der Waals surface area contributed by atoms with Gasteiger partial charge in [-0.15, -0.1) is 0 Å². The molecule has 1 atom stereocenters. The van der Waals surface area contributed by atoms with Crippen LogP contribution in [0, 0.1) is 12.8 Å². The molecule has 6 heteroatoms. The molecule has 0 spiro atoms. The molecule has 0 aliphatic carbocycles. The van der Waals surface area contributed by atoms with Crippen molar-refractivity contribution >= 4 is 11.8 Å². The zero-order chi connectivity index (χ0) is 17.5. The molecule has 2 rings (SSSR count). The number of amides is 2. The van der Waals surface area contributed by atoms with E-state index in [9.17, 15) is 9.59 Å². The largest absolute Gasteiger partial charge is 0.494 e. The third-order valence-corrected chi connectivity index (χ3v) is 3.59. The summed E-state index contributed by atoms with van der Waals surface area (Å²) in [6, 6.07) is 10.8. The van der Waals surface area contributed by atoms with Crippen molar-refractivity contribution < 1.29 is 18.7 Å². The van der Waals surface area contributed by atoms with E-state index in [1.165, 1.54) is 0 Å². The molecular formula is C18H22N2O4.